The van der Waals surface area contributed by atoms with Gasteiger partial charge in [0.2, 0.25) is 5.91 Å². The Kier molecular flexibility index (Phi) is 7.59. The molecule has 1 heterocycles. The Hall–Kier alpha value is -2.39. The highest BCUT2D eigenvalue weighted by atomic mass is 32.2. The summed E-state index contributed by atoms with van der Waals surface area (Å²) >= 11 is 1.14. The largest absolute Gasteiger partial charge is 0.465 e. The van der Waals surface area contributed by atoms with Crippen LogP contribution < -0.4 is 5.56 Å². The van der Waals surface area contributed by atoms with E-state index in [9.17, 15) is 19.5 Å². The maximum absolute atomic E-state index is 12.9. The Bertz CT molecular complexity index is 922. The summed E-state index contributed by atoms with van der Waals surface area (Å²) in [6, 6.07) is 4.51. The van der Waals surface area contributed by atoms with Crippen molar-refractivity contribution in [1.29, 1.82) is 0 Å². The van der Waals surface area contributed by atoms with Crippen molar-refractivity contribution in [2.24, 2.45) is 0 Å². The number of ether oxygens (including phenoxy) is 1. The van der Waals surface area contributed by atoms with E-state index in [0.717, 1.165) is 11.8 Å². The number of fused-ring (bicyclic) bond motifs is 1. The molecule has 1 aromatic carbocycles. The molecule has 2 aromatic rings. The highest BCUT2D eigenvalue weighted by Crippen LogP contribution is 2.20. The van der Waals surface area contributed by atoms with E-state index in [1.807, 2.05) is 13.8 Å². The molecule has 1 atom stereocenters. The summed E-state index contributed by atoms with van der Waals surface area (Å²) in [5.74, 6) is -0.463. The maximum atomic E-state index is 12.9. The summed E-state index contributed by atoms with van der Waals surface area (Å²) in [6.07, 6.45) is -0.760. The van der Waals surface area contributed by atoms with Gasteiger partial charge in [-0.25, -0.2) is 9.78 Å². The lowest BCUT2D eigenvalue weighted by atomic mass is 10.1. The van der Waals surface area contributed by atoms with Crippen LogP contribution in [0.1, 0.15) is 31.1 Å². The van der Waals surface area contributed by atoms with Gasteiger partial charge in [0.15, 0.2) is 5.16 Å². The average Bonchev–Trinajstić information content (AvgIpc) is 2.68. The van der Waals surface area contributed by atoms with Crippen LogP contribution in [0.25, 0.3) is 10.9 Å². The van der Waals surface area contributed by atoms with E-state index < -0.39 is 12.1 Å². The first kappa shape index (κ1) is 21.9. The van der Waals surface area contributed by atoms with Gasteiger partial charge in [-0.1, -0.05) is 11.8 Å². The van der Waals surface area contributed by atoms with Crippen LogP contribution in [0.3, 0.4) is 0 Å². The normalized spacial score (nSPS) is 12.0. The van der Waals surface area contributed by atoms with E-state index in [0.29, 0.717) is 29.1 Å². The number of esters is 1. The maximum Gasteiger partial charge on any atom is 0.337 e. The third-order valence-electron chi connectivity index (χ3n) is 4.23. The van der Waals surface area contributed by atoms with Gasteiger partial charge in [0.05, 0.1) is 42.0 Å². The molecule has 2 rings (SSSR count). The van der Waals surface area contributed by atoms with E-state index in [2.05, 4.69) is 4.98 Å². The van der Waals surface area contributed by atoms with Crippen LogP contribution >= 0.6 is 11.8 Å². The lowest BCUT2D eigenvalue weighted by molar-refractivity contribution is -0.127. The number of nitrogens with zero attached hydrogens (tertiary/aromatic N) is 3. The SMILES string of the molecule is CCN(CC)C(=O)CSc1nc2cc(C(=O)OC)ccc2c(=O)n1C[C@@H](C)O. The lowest BCUT2D eigenvalue weighted by Gasteiger charge is -2.19. The van der Waals surface area contributed by atoms with Gasteiger partial charge in [-0.15, -0.1) is 0 Å². The van der Waals surface area contributed by atoms with Crippen molar-refractivity contribution in [2.75, 3.05) is 26.0 Å². The number of aromatic nitrogens is 2. The molecule has 0 saturated carbocycles. The van der Waals surface area contributed by atoms with Gasteiger partial charge in [-0.05, 0) is 39.0 Å². The molecule has 0 saturated heterocycles. The van der Waals surface area contributed by atoms with E-state index in [4.69, 9.17) is 4.74 Å². The molecule has 0 fully saturated rings. The number of aliphatic hydroxyl groups is 1. The van der Waals surface area contributed by atoms with Crippen molar-refractivity contribution < 1.29 is 19.4 Å². The Labute approximate surface area is 167 Å². The second kappa shape index (κ2) is 9.70. The monoisotopic (exact) mass is 407 g/mol. The highest BCUT2D eigenvalue weighted by Gasteiger charge is 2.17. The molecular formula is C19H25N3O5S. The van der Waals surface area contributed by atoms with Crippen LogP contribution in [0.4, 0.5) is 0 Å². The summed E-state index contributed by atoms with van der Waals surface area (Å²) in [5, 5.41) is 10.4. The minimum atomic E-state index is -0.760. The van der Waals surface area contributed by atoms with Gasteiger partial charge in [0.25, 0.3) is 5.56 Å². The molecule has 0 aliphatic heterocycles. The Morgan fingerprint density at radius 3 is 2.57 bits per heavy atom. The smallest absolute Gasteiger partial charge is 0.337 e. The standard InChI is InChI=1S/C19H25N3O5S/c1-5-21(6-2)16(24)11-28-19-20-15-9-13(18(26)27-4)7-8-14(15)17(25)22(19)10-12(3)23/h7-9,12,23H,5-6,10-11H2,1-4H3/t12-/m1/s1. The second-order valence-electron chi connectivity index (χ2n) is 6.24. The van der Waals surface area contributed by atoms with Gasteiger partial charge >= 0.3 is 5.97 Å². The van der Waals surface area contributed by atoms with Gasteiger partial charge in [-0.2, -0.15) is 0 Å². The molecule has 0 aliphatic carbocycles. The molecule has 1 aromatic heterocycles. The molecule has 0 unspecified atom stereocenters. The minimum absolute atomic E-state index is 0.0579. The second-order valence-corrected chi connectivity index (χ2v) is 7.18. The molecule has 0 bridgehead atoms. The first-order valence-electron chi connectivity index (χ1n) is 9.03. The zero-order chi connectivity index (χ0) is 20.8. The zero-order valence-corrected chi connectivity index (χ0v) is 17.3. The summed E-state index contributed by atoms with van der Waals surface area (Å²) < 4.78 is 6.08. The molecule has 0 spiro atoms. The van der Waals surface area contributed by atoms with E-state index in [1.165, 1.54) is 29.9 Å². The van der Waals surface area contributed by atoms with E-state index >= 15 is 0 Å². The summed E-state index contributed by atoms with van der Waals surface area (Å²) in [5.41, 5.74) is 0.290. The van der Waals surface area contributed by atoms with E-state index in [1.54, 1.807) is 11.8 Å². The molecule has 1 N–H and O–H groups in total. The van der Waals surface area contributed by atoms with Crippen molar-refractivity contribution in [3.8, 4) is 0 Å². The minimum Gasteiger partial charge on any atom is -0.465 e. The summed E-state index contributed by atoms with van der Waals surface area (Å²) in [4.78, 5) is 43.2. The van der Waals surface area contributed by atoms with Crippen LogP contribution in [0.5, 0.6) is 0 Å². The third kappa shape index (κ3) is 4.90. The molecule has 28 heavy (non-hydrogen) atoms. The predicted octanol–water partition coefficient (Wildman–Crippen LogP) is 1.52. The Balaban J connectivity index is 2.49. The number of hydrogen-bond acceptors (Lipinski definition) is 7. The fourth-order valence-electron chi connectivity index (χ4n) is 2.77. The molecule has 8 nitrogen and oxygen atoms in total. The van der Waals surface area contributed by atoms with Crippen LogP contribution in [0.2, 0.25) is 0 Å². The molecule has 0 aliphatic rings. The quantitative estimate of drug-likeness (QED) is 0.402. The van der Waals surface area contributed by atoms with Crippen molar-refractivity contribution in [1.82, 2.24) is 14.5 Å². The number of rotatable bonds is 8. The predicted molar refractivity (Wildman–Crippen MR) is 108 cm³/mol. The van der Waals surface area contributed by atoms with Crippen molar-refractivity contribution in [3.05, 3.63) is 34.1 Å². The number of carbonyl (C=O) groups excluding carboxylic acids is 2. The van der Waals surface area contributed by atoms with Crippen LogP contribution in [-0.4, -0.2) is 63.5 Å². The van der Waals surface area contributed by atoms with Gasteiger partial charge in [0, 0.05) is 13.1 Å². The Morgan fingerprint density at radius 2 is 2.00 bits per heavy atom. The van der Waals surface area contributed by atoms with Gasteiger partial charge in [0.1, 0.15) is 0 Å². The van der Waals surface area contributed by atoms with Crippen LogP contribution in [0.15, 0.2) is 28.2 Å². The molecule has 1 amide bonds. The van der Waals surface area contributed by atoms with Gasteiger partial charge < -0.3 is 14.7 Å². The first-order chi connectivity index (χ1) is 13.3. The molecule has 9 heteroatoms. The zero-order valence-electron chi connectivity index (χ0n) is 16.5. The summed E-state index contributed by atoms with van der Waals surface area (Å²) in [6.45, 7) is 6.64. The van der Waals surface area contributed by atoms with Crippen molar-refractivity contribution in [3.63, 3.8) is 0 Å². The number of benzene rings is 1. The fourth-order valence-corrected chi connectivity index (χ4v) is 3.69. The Morgan fingerprint density at radius 1 is 1.32 bits per heavy atom. The highest BCUT2D eigenvalue weighted by molar-refractivity contribution is 7.99. The van der Waals surface area contributed by atoms with E-state index in [-0.39, 0.29) is 29.3 Å². The lowest BCUT2D eigenvalue weighted by Crippen LogP contribution is -2.32. The fraction of sp³-hybridized carbons (Fsp3) is 0.474. The van der Waals surface area contributed by atoms with Crippen LogP contribution in [0, 0.1) is 0 Å². The first-order valence-corrected chi connectivity index (χ1v) is 10.0. The number of methoxy groups -OCH3 is 1. The number of amides is 1. The average molecular weight is 407 g/mol. The third-order valence-corrected chi connectivity index (χ3v) is 5.19. The van der Waals surface area contributed by atoms with Crippen molar-refractivity contribution in [2.45, 2.75) is 38.6 Å². The topological polar surface area (TPSA) is 102 Å². The van der Waals surface area contributed by atoms with Crippen molar-refractivity contribution >= 4 is 34.5 Å². The number of hydrogen-bond donors (Lipinski definition) is 1. The molecule has 152 valence electrons. The number of aliphatic hydroxyl groups excluding tert-OH is 1. The number of carbonyl (C=O) groups is 2. The summed E-state index contributed by atoms with van der Waals surface area (Å²) in [7, 11) is 1.28. The molecular weight excluding hydrogens is 382 g/mol. The van der Waals surface area contributed by atoms with Gasteiger partial charge in [-0.3, -0.25) is 14.2 Å². The number of thioether (sulfide) groups is 1. The van der Waals surface area contributed by atoms with Crippen LogP contribution in [-0.2, 0) is 16.1 Å². The molecule has 0 radical (unpaired) electrons.